The number of hydrogen-bond acceptors (Lipinski definition) is 8. The van der Waals surface area contributed by atoms with Crippen LogP contribution in [0.15, 0.2) is 48.5 Å². The standard InChI is InChI=1S/2C18H23N3O3/c1-12(22)20-15-4-2-13(3-5-15)18(14-7-10-19-11-8-14)9-6-16(23)21-17(18)24;1-12(22)20-15-5-3-2-4-14(15)18(13-7-10-19-11-8-13)9-6-16(23)21-17(18)24/h2-5,14,19H,6-11H2,1H3,(H,20,22)(H,21,23,24);2-5,13,19H,6-11H2,1H3,(H,20,22)(H,21,23,24). The van der Waals surface area contributed by atoms with Crippen LogP contribution in [0.25, 0.3) is 0 Å². The predicted octanol–water partition coefficient (Wildman–Crippen LogP) is 2.64. The van der Waals surface area contributed by atoms with Gasteiger partial charge in [-0.2, -0.15) is 0 Å². The largest absolute Gasteiger partial charge is 0.326 e. The van der Waals surface area contributed by atoms with Crippen LogP contribution in [0.5, 0.6) is 0 Å². The lowest BCUT2D eigenvalue weighted by molar-refractivity contribution is -0.141. The Morgan fingerprint density at radius 1 is 0.646 bits per heavy atom. The highest BCUT2D eigenvalue weighted by Crippen LogP contribution is 2.46. The second kappa shape index (κ2) is 15.2. The Morgan fingerprint density at radius 2 is 1.12 bits per heavy atom. The molecule has 4 fully saturated rings. The molecule has 256 valence electrons. The van der Waals surface area contributed by atoms with Crippen molar-refractivity contribution in [2.75, 3.05) is 36.8 Å². The zero-order valence-electron chi connectivity index (χ0n) is 27.7. The minimum atomic E-state index is -0.769. The van der Waals surface area contributed by atoms with Crippen LogP contribution in [0.1, 0.15) is 76.3 Å². The van der Waals surface area contributed by atoms with Gasteiger partial charge in [0.15, 0.2) is 0 Å². The fraction of sp³-hybridized carbons (Fsp3) is 0.500. The average Bonchev–Trinajstić information content (AvgIpc) is 3.07. The van der Waals surface area contributed by atoms with Gasteiger partial charge in [-0.05, 0) is 106 Å². The average molecular weight is 659 g/mol. The van der Waals surface area contributed by atoms with Crippen LogP contribution in [-0.4, -0.2) is 61.6 Å². The van der Waals surface area contributed by atoms with Crippen molar-refractivity contribution < 1.29 is 28.8 Å². The number of hydrogen-bond donors (Lipinski definition) is 6. The summed E-state index contributed by atoms with van der Waals surface area (Å²) in [5.74, 6) is -0.783. The van der Waals surface area contributed by atoms with Crippen LogP contribution in [0.3, 0.4) is 0 Å². The van der Waals surface area contributed by atoms with Crippen LogP contribution >= 0.6 is 0 Å². The van der Waals surface area contributed by atoms with Crippen molar-refractivity contribution in [2.45, 2.75) is 76.0 Å². The molecule has 2 atom stereocenters. The molecule has 12 nitrogen and oxygen atoms in total. The Kier molecular flexibility index (Phi) is 11.1. The number of para-hydroxylation sites is 1. The van der Waals surface area contributed by atoms with Crippen LogP contribution in [0, 0.1) is 11.8 Å². The van der Waals surface area contributed by atoms with Crippen molar-refractivity contribution in [3.8, 4) is 0 Å². The van der Waals surface area contributed by atoms with Gasteiger partial charge in [-0.15, -0.1) is 0 Å². The van der Waals surface area contributed by atoms with Crippen LogP contribution in [-0.2, 0) is 39.6 Å². The predicted molar refractivity (Wildman–Crippen MR) is 181 cm³/mol. The van der Waals surface area contributed by atoms with E-state index in [9.17, 15) is 28.8 Å². The number of anilines is 2. The van der Waals surface area contributed by atoms with Gasteiger partial charge >= 0.3 is 0 Å². The molecule has 4 heterocycles. The highest BCUT2D eigenvalue weighted by Gasteiger charge is 2.51. The van der Waals surface area contributed by atoms with Crippen molar-refractivity contribution in [1.29, 1.82) is 0 Å². The number of nitrogens with one attached hydrogen (secondary N) is 6. The van der Waals surface area contributed by atoms with Gasteiger partial charge in [-0.1, -0.05) is 30.3 Å². The van der Waals surface area contributed by atoms with Crippen LogP contribution < -0.4 is 31.9 Å². The topological polar surface area (TPSA) is 175 Å². The molecule has 6 N–H and O–H groups in total. The molecule has 2 aromatic rings. The molecule has 2 aromatic carbocycles. The van der Waals surface area contributed by atoms with E-state index in [1.807, 2.05) is 48.5 Å². The number of imide groups is 2. The summed E-state index contributed by atoms with van der Waals surface area (Å²) in [6.07, 6.45) is 5.28. The maximum absolute atomic E-state index is 13.0. The summed E-state index contributed by atoms with van der Waals surface area (Å²) in [5.41, 5.74) is 1.68. The summed E-state index contributed by atoms with van der Waals surface area (Å²) < 4.78 is 0. The molecule has 48 heavy (non-hydrogen) atoms. The Bertz CT molecular complexity index is 1550. The number of carbonyl (C=O) groups is 6. The van der Waals surface area contributed by atoms with Crippen molar-refractivity contribution >= 4 is 46.8 Å². The van der Waals surface area contributed by atoms with E-state index in [-0.39, 0.29) is 47.3 Å². The third-order valence-electron chi connectivity index (χ3n) is 10.3. The molecule has 0 aromatic heterocycles. The van der Waals surface area contributed by atoms with Gasteiger partial charge in [0.2, 0.25) is 35.4 Å². The smallest absolute Gasteiger partial charge is 0.237 e. The SMILES string of the molecule is CC(=O)Nc1ccc(C2(C3CCNCC3)CCC(=O)NC2=O)cc1.CC(=O)Nc1ccccc1C1(C2CCNCC2)CCC(=O)NC1=O. The van der Waals surface area contributed by atoms with Crippen molar-refractivity contribution in [3.05, 3.63) is 59.7 Å². The molecule has 0 saturated carbocycles. The Hall–Kier alpha value is -4.42. The molecule has 6 rings (SSSR count). The van der Waals surface area contributed by atoms with Gasteiger partial charge < -0.3 is 21.3 Å². The Morgan fingerprint density at radius 3 is 1.62 bits per heavy atom. The summed E-state index contributed by atoms with van der Waals surface area (Å²) in [6.45, 7) is 6.41. The number of amides is 6. The minimum absolute atomic E-state index is 0.128. The molecule has 0 radical (unpaired) electrons. The lowest BCUT2D eigenvalue weighted by Gasteiger charge is -2.44. The van der Waals surface area contributed by atoms with E-state index >= 15 is 0 Å². The number of rotatable bonds is 6. The maximum Gasteiger partial charge on any atom is 0.237 e. The number of benzene rings is 2. The first-order valence-corrected chi connectivity index (χ1v) is 16.9. The molecule has 0 aliphatic carbocycles. The van der Waals surface area contributed by atoms with E-state index < -0.39 is 10.8 Å². The summed E-state index contributed by atoms with van der Waals surface area (Å²) >= 11 is 0. The Balaban J connectivity index is 0.000000188. The summed E-state index contributed by atoms with van der Waals surface area (Å²) in [4.78, 5) is 72.0. The van der Waals surface area contributed by atoms with Gasteiger partial charge in [0.25, 0.3) is 0 Å². The first-order chi connectivity index (χ1) is 23.1. The third-order valence-corrected chi connectivity index (χ3v) is 10.3. The van der Waals surface area contributed by atoms with Crippen molar-refractivity contribution in [2.24, 2.45) is 11.8 Å². The molecule has 0 bridgehead atoms. The Labute approximate surface area is 280 Å². The monoisotopic (exact) mass is 658 g/mol. The second-order valence-corrected chi connectivity index (χ2v) is 13.2. The molecular formula is C36H46N6O6. The van der Waals surface area contributed by atoms with Crippen LogP contribution in [0.4, 0.5) is 11.4 Å². The fourth-order valence-electron chi connectivity index (χ4n) is 8.07. The van der Waals surface area contributed by atoms with E-state index in [2.05, 4.69) is 31.9 Å². The molecule has 2 unspecified atom stereocenters. The second-order valence-electron chi connectivity index (χ2n) is 13.2. The zero-order valence-corrected chi connectivity index (χ0v) is 27.7. The van der Waals surface area contributed by atoms with Crippen molar-refractivity contribution in [1.82, 2.24) is 21.3 Å². The van der Waals surface area contributed by atoms with Crippen molar-refractivity contribution in [3.63, 3.8) is 0 Å². The molecule has 4 saturated heterocycles. The van der Waals surface area contributed by atoms with E-state index in [0.717, 1.165) is 63.0 Å². The lowest BCUT2D eigenvalue weighted by atomic mass is 9.62. The first kappa shape index (κ1) is 34.9. The summed E-state index contributed by atoms with van der Waals surface area (Å²) in [7, 11) is 0. The van der Waals surface area contributed by atoms with Gasteiger partial charge in [0, 0.05) is 38.1 Å². The highest BCUT2D eigenvalue weighted by molar-refractivity contribution is 6.05. The van der Waals surface area contributed by atoms with E-state index in [1.165, 1.54) is 13.8 Å². The number of carbonyl (C=O) groups excluding carboxylic acids is 6. The maximum atomic E-state index is 13.0. The van der Waals surface area contributed by atoms with E-state index in [1.54, 1.807) is 0 Å². The highest BCUT2D eigenvalue weighted by atomic mass is 16.2. The van der Waals surface area contributed by atoms with Crippen LogP contribution in [0.2, 0.25) is 0 Å². The third kappa shape index (κ3) is 7.34. The first-order valence-electron chi connectivity index (χ1n) is 16.9. The van der Waals surface area contributed by atoms with Gasteiger partial charge in [-0.25, -0.2) is 0 Å². The van der Waals surface area contributed by atoms with Gasteiger partial charge in [-0.3, -0.25) is 39.4 Å². The lowest BCUT2D eigenvalue weighted by Crippen LogP contribution is -2.57. The molecular weight excluding hydrogens is 612 g/mol. The number of piperidine rings is 4. The molecule has 4 aliphatic rings. The minimum Gasteiger partial charge on any atom is -0.326 e. The fourth-order valence-corrected chi connectivity index (χ4v) is 8.07. The molecule has 4 aliphatic heterocycles. The molecule has 0 spiro atoms. The van der Waals surface area contributed by atoms with E-state index in [0.29, 0.717) is 37.1 Å². The summed E-state index contributed by atoms with van der Waals surface area (Å²) in [5, 5.41) is 17.3. The van der Waals surface area contributed by atoms with Gasteiger partial charge in [0.1, 0.15) is 0 Å². The normalized spacial score (nSPS) is 25.2. The van der Waals surface area contributed by atoms with Gasteiger partial charge in [0.05, 0.1) is 10.8 Å². The summed E-state index contributed by atoms with van der Waals surface area (Å²) in [6, 6.07) is 14.9. The quantitative estimate of drug-likeness (QED) is 0.257. The molecule has 12 heteroatoms. The van der Waals surface area contributed by atoms with E-state index in [4.69, 9.17) is 0 Å². The molecule has 6 amide bonds. The zero-order chi connectivity index (χ0) is 34.3.